The molecule has 0 bridgehead atoms. The van der Waals surface area contributed by atoms with E-state index in [0.717, 1.165) is 6.54 Å². The molecule has 3 aliphatic heterocycles. The van der Waals surface area contributed by atoms with Crippen LogP contribution >= 0.6 is 0 Å². The summed E-state index contributed by atoms with van der Waals surface area (Å²) < 4.78 is 38.0. The normalized spacial score (nSPS) is 34.6. The van der Waals surface area contributed by atoms with Gasteiger partial charge >= 0.3 is 0 Å². The van der Waals surface area contributed by atoms with E-state index in [4.69, 9.17) is 28.1 Å². The van der Waals surface area contributed by atoms with Gasteiger partial charge < -0.3 is 28.1 Å². The monoisotopic (exact) mass is 521 g/mol. The second kappa shape index (κ2) is 10.0. The molecule has 7 nitrogen and oxygen atoms in total. The fourth-order valence-electron chi connectivity index (χ4n) is 5.36. The largest absolute Gasteiger partial charge is 0.415 e. The zero-order chi connectivity index (χ0) is 26.5. The molecule has 0 aliphatic carbocycles. The van der Waals surface area contributed by atoms with Crippen molar-refractivity contribution in [2.24, 2.45) is 0 Å². The summed E-state index contributed by atoms with van der Waals surface area (Å²) in [7, 11) is -0.119. The van der Waals surface area contributed by atoms with Crippen molar-refractivity contribution >= 4 is 8.32 Å². The van der Waals surface area contributed by atoms with Gasteiger partial charge in [0.05, 0.1) is 31.4 Å². The summed E-state index contributed by atoms with van der Waals surface area (Å²) in [6.07, 6.45) is -0.727. The van der Waals surface area contributed by atoms with Crippen molar-refractivity contribution in [3.8, 4) is 0 Å². The van der Waals surface area contributed by atoms with Gasteiger partial charge in [0.1, 0.15) is 18.3 Å². The first-order valence-electron chi connectivity index (χ1n) is 13.3. The molecule has 4 rings (SSSR count). The van der Waals surface area contributed by atoms with Crippen molar-refractivity contribution in [1.82, 2.24) is 4.90 Å². The van der Waals surface area contributed by atoms with Crippen LogP contribution in [0.5, 0.6) is 0 Å². The van der Waals surface area contributed by atoms with Gasteiger partial charge in [0.2, 0.25) is 0 Å². The van der Waals surface area contributed by atoms with Crippen molar-refractivity contribution in [3.05, 3.63) is 35.9 Å². The standard InChI is InChI=1S/C28H47NO6Si/c1-26(2,3)36(9,10)32-17-20-23(30-8)22(29(20)16-19-14-12-11-13-15-19)25-24(34-28(6,7)35-25)21-18-31-27(4,5)33-21/h11-15,20-25H,16-18H2,1-10H3/t20-,21+,22+,23-,24+,25+/m0/s1. The van der Waals surface area contributed by atoms with Gasteiger partial charge in [-0.25, -0.2) is 0 Å². The predicted molar refractivity (Wildman–Crippen MR) is 142 cm³/mol. The molecule has 0 aromatic heterocycles. The highest BCUT2D eigenvalue weighted by molar-refractivity contribution is 6.74. The van der Waals surface area contributed by atoms with Crippen LogP contribution in [0.15, 0.2) is 30.3 Å². The maximum Gasteiger partial charge on any atom is 0.192 e. The van der Waals surface area contributed by atoms with Crippen LogP contribution in [0.3, 0.4) is 0 Å². The molecule has 1 aromatic carbocycles. The average molecular weight is 522 g/mol. The van der Waals surface area contributed by atoms with Crippen LogP contribution in [-0.4, -0.2) is 81.6 Å². The van der Waals surface area contributed by atoms with Crippen LogP contribution in [0.1, 0.15) is 54.0 Å². The lowest BCUT2D eigenvalue weighted by Gasteiger charge is -2.57. The molecule has 0 radical (unpaired) electrons. The molecule has 0 unspecified atom stereocenters. The van der Waals surface area contributed by atoms with Gasteiger partial charge in [0.15, 0.2) is 19.9 Å². The molecule has 0 saturated carbocycles. The number of benzene rings is 1. The lowest BCUT2D eigenvalue weighted by atomic mass is 9.82. The lowest BCUT2D eigenvalue weighted by molar-refractivity contribution is -0.208. The third-order valence-corrected chi connectivity index (χ3v) is 12.8. The highest BCUT2D eigenvalue weighted by Crippen LogP contribution is 2.44. The van der Waals surface area contributed by atoms with Crippen LogP contribution in [0.25, 0.3) is 0 Å². The summed E-state index contributed by atoms with van der Waals surface area (Å²) in [6, 6.07) is 10.7. The van der Waals surface area contributed by atoms with E-state index in [1.54, 1.807) is 7.11 Å². The van der Waals surface area contributed by atoms with Crippen LogP contribution in [0.2, 0.25) is 18.1 Å². The lowest BCUT2D eigenvalue weighted by Crippen LogP contribution is -2.74. The Kier molecular flexibility index (Phi) is 7.86. The number of methoxy groups -OCH3 is 1. The molecule has 3 saturated heterocycles. The van der Waals surface area contributed by atoms with Gasteiger partial charge in [-0.05, 0) is 51.4 Å². The van der Waals surface area contributed by atoms with Gasteiger partial charge in [-0.3, -0.25) is 4.90 Å². The van der Waals surface area contributed by atoms with Crippen LogP contribution in [0, 0.1) is 0 Å². The van der Waals surface area contributed by atoms with Crippen molar-refractivity contribution in [2.75, 3.05) is 20.3 Å². The molecule has 0 spiro atoms. The van der Waals surface area contributed by atoms with E-state index >= 15 is 0 Å². The maximum absolute atomic E-state index is 6.70. The van der Waals surface area contributed by atoms with Crippen molar-refractivity contribution in [1.29, 1.82) is 0 Å². The van der Waals surface area contributed by atoms with Crippen molar-refractivity contribution in [3.63, 3.8) is 0 Å². The number of rotatable bonds is 8. The molecule has 204 valence electrons. The molecular formula is C28H47NO6Si. The number of nitrogens with zero attached hydrogens (tertiary/aromatic N) is 1. The first-order chi connectivity index (χ1) is 16.6. The summed E-state index contributed by atoms with van der Waals surface area (Å²) in [4.78, 5) is 2.49. The fourth-order valence-corrected chi connectivity index (χ4v) is 6.38. The second-order valence-electron chi connectivity index (χ2n) is 12.9. The Morgan fingerprint density at radius 2 is 1.61 bits per heavy atom. The molecular weight excluding hydrogens is 474 g/mol. The first kappa shape index (κ1) is 28.2. The summed E-state index contributed by atoms with van der Waals surface area (Å²) in [5, 5.41) is 0.146. The Labute approximate surface area is 218 Å². The topological polar surface area (TPSA) is 58.6 Å². The molecule has 0 amide bonds. The SMILES string of the molecule is CO[C@@H]1[C@H]([C@H]2OC(C)(C)O[C@@H]2[C@H]2COC(C)(C)O2)N(Cc2ccccc2)[C@H]1CO[Si](C)(C)C(C)(C)C. The van der Waals surface area contributed by atoms with Gasteiger partial charge in [-0.1, -0.05) is 51.1 Å². The third kappa shape index (κ3) is 5.76. The Bertz CT molecular complexity index is 886. The summed E-state index contributed by atoms with van der Waals surface area (Å²) >= 11 is 0. The highest BCUT2D eigenvalue weighted by atomic mass is 28.4. The van der Waals surface area contributed by atoms with E-state index in [1.807, 2.05) is 27.7 Å². The van der Waals surface area contributed by atoms with E-state index in [0.29, 0.717) is 13.2 Å². The second-order valence-corrected chi connectivity index (χ2v) is 17.7. The van der Waals surface area contributed by atoms with E-state index in [1.165, 1.54) is 5.56 Å². The predicted octanol–water partition coefficient (Wildman–Crippen LogP) is 4.95. The Balaban J connectivity index is 1.60. The minimum atomic E-state index is -1.92. The van der Waals surface area contributed by atoms with Crippen molar-refractivity contribution in [2.45, 2.75) is 121 Å². The quantitative estimate of drug-likeness (QED) is 0.449. The number of ether oxygens (including phenoxy) is 5. The number of hydrogen-bond donors (Lipinski definition) is 0. The van der Waals surface area contributed by atoms with E-state index in [-0.39, 0.29) is 41.5 Å². The van der Waals surface area contributed by atoms with Gasteiger partial charge in [-0.15, -0.1) is 0 Å². The molecule has 1 aromatic rings. The first-order valence-corrected chi connectivity index (χ1v) is 16.2. The van der Waals surface area contributed by atoms with E-state index < -0.39 is 19.9 Å². The maximum atomic E-state index is 6.70. The zero-order valence-electron chi connectivity index (χ0n) is 23.9. The summed E-state index contributed by atoms with van der Waals surface area (Å²) in [6.45, 7) is 21.2. The van der Waals surface area contributed by atoms with E-state index in [2.05, 4.69) is 69.1 Å². The Hall–Kier alpha value is -0.843. The zero-order valence-corrected chi connectivity index (χ0v) is 24.9. The third-order valence-electron chi connectivity index (χ3n) is 8.32. The Morgan fingerprint density at radius 1 is 0.972 bits per heavy atom. The van der Waals surface area contributed by atoms with Crippen LogP contribution < -0.4 is 0 Å². The molecule has 3 fully saturated rings. The summed E-state index contributed by atoms with van der Waals surface area (Å²) in [5.74, 6) is -1.35. The van der Waals surface area contributed by atoms with Gasteiger partial charge in [0.25, 0.3) is 0 Å². The highest BCUT2D eigenvalue weighted by Gasteiger charge is 2.61. The minimum absolute atomic E-state index is 0.00214. The minimum Gasteiger partial charge on any atom is -0.415 e. The smallest absolute Gasteiger partial charge is 0.192 e. The van der Waals surface area contributed by atoms with Gasteiger partial charge in [0, 0.05) is 13.7 Å². The van der Waals surface area contributed by atoms with Crippen LogP contribution in [-0.2, 0) is 34.7 Å². The molecule has 8 heteroatoms. The van der Waals surface area contributed by atoms with Crippen molar-refractivity contribution < 1.29 is 28.1 Å². The number of likely N-dealkylation sites (tertiary alicyclic amines) is 1. The average Bonchev–Trinajstić information content (AvgIpc) is 3.28. The molecule has 0 N–H and O–H groups in total. The number of hydrogen-bond acceptors (Lipinski definition) is 7. The molecule has 3 heterocycles. The molecule has 6 atom stereocenters. The van der Waals surface area contributed by atoms with Gasteiger partial charge in [-0.2, -0.15) is 0 Å². The molecule has 3 aliphatic rings. The molecule has 36 heavy (non-hydrogen) atoms. The fraction of sp³-hybridized carbons (Fsp3) is 0.786. The van der Waals surface area contributed by atoms with Crippen LogP contribution in [0.4, 0.5) is 0 Å². The Morgan fingerprint density at radius 3 is 2.17 bits per heavy atom. The van der Waals surface area contributed by atoms with E-state index in [9.17, 15) is 0 Å². The summed E-state index contributed by atoms with van der Waals surface area (Å²) in [5.41, 5.74) is 1.26.